The minimum Gasteiger partial charge on any atom is -0.493 e. The summed E-state index contributed by atoms with van der Waals surface area (Å²) in [7, 11) is 1.72. The summed E-state index contributed by atoms with van der Waals surface area (Å²) in [5, 5.41) is 3.69. The van der Waals surface area contributed by atoms with Gasteiger partial charge in [0.25, 0.3) is 0 Å². The highest BCUT2D eigenvalue weighted by Gasteiger charge is 2.23. The van der Waals surface area contributed by atoms with E-state index in [1.54, 1.807) is 7.11 Å². The van der Waals surface area contributed by atoms with Crippen molar-refractivity contribution in [2.24, 2.45) is 0 Å². The van der Waals surface area contributed by atoms with Gasteiger partial charge in [0.15, 0.2) is 11.5 Å². The van der Waals surface area contributed by atoms with Gasteiger partial charge in [-0.25, -0.2) is 0 Å². The SMILES string of the molecule is COc1ccc(N2CCNC(Cc3cccc(C)c3)C2)cc1OC1CCCC1. The highest BCUT2D eigenvalue weighted by molar-refractivity contribution is 5.57. The molecule has 1 N–H and O–H groups in total. The summed E-state index contributed by atoms with van der Waals surface area (Å²) in [6.45, 7) is 5.18. The molecule has 0 aromatic heterocycles. The van der Waals surface area contributed by atoms with E-state index in [1.807, 2.05) is 0 Å². The van der Waals surface area contributed by atoms with Gasteiger partial charge in [-0.3, -0.25) is 0 Å². The predicted octanol–water partition coefficient (Wildman–Crippen LogP) is 4.35. The first kappa shape index (κ1) is 19.1. The van der Waals surface area contributed by atoms with Crippen LogP contribution in [0.2, 0.25) is 0 Å². The molecule has 1 aliphatic carbocycles. The lowest BCUT2D eigenvalue weighted by atomic mass is 10.0. The molecule has 4 rings (SSSR count). The molecule has 0 amide bonds. The average Bonchev–Trinajstić information content (AvgIpc) is 3.21. The zero-order chi connectivity index (χ0) is 19.3. The molecule has 4 heteroatoms. The van der Waals surface area contributed by atoms with Crippen molar-refractivity contribution >= 4 is 5.69 Å². The zero-order valence-corrected chi connectivity index (χ0v) is 17.1. The van der Waals surface area contributed by atoms with Gasteiger partial charge in [0.2, 0.25) is 0 Å². The Balaban J connectivity index is 1.46. The summed E-state index contributed by atoms with van der Waals surface area (Å²) in [5.41, 5.74) is 3.96. The normalized spacial score (nSPS) is 20.4. The number of hydrogen-bond acceptors (Lipinski definition) is 4. The molecule has 1 saturated carbocycles. The minimum atomic E-state index is 0.334. The molecular formula is C24H32N2O2. The Bertz CT molecular complexity index is 786. The maximum absolute atomic E-state index is 6.30. The standard InChI is InChI=1S/C24H32N2O2/c1-18-6-5-7-19(14-18)15-20-17-26(13-12-25-20)21-10-11-23(27-2)24(16-21)28-22-8-3-4-9-22/h5-7,10-11,14,16,20,22,25H,3-4,8-9,12-13,15,17H2,1-2H3. The third kappa shape index (κ3) is 4.61. The van der Waals surface area contributed by atoms with E-state index in [4.69, 9.17) is 9.47 Å². The summed E-state index contributed by atoms with van der Waals surface area (Å²) < 4.78 is 11.9. The summed E-state index contributed by atoms with van der Waals surface area (Å²) in [6, 6.07) is 15.7. The average molecular weight is 381 g/mol. The summed E-state index contributed by atoms with van der Waals surface area (Å²) in [4.78, 5) is 2.47. The molecule has 0 bridgehead atoms. The fourth-order valence-electron chi connectivity index (χ4n) is 4.46. The highest BCUT2D eigenvalue weighted by atomic mass is 16.5. The first-order chi connectivity index (χ1) is 13.7. The van der Waals surface area contributed by atoms with E-state index < -0.39 is 0 Å². The second-order valence-corrected chi connectivity index (χ2v) is 8.15. The second-order valence-electron chi connectivity index (χ2n) is 8.15. The van der Waals surface area contributed by atoms with Crippen LogP contribution in [-0.2, 0) is 6.42 Å². The predicted molar refractivity (Wildman–Crippen MR) is 115 cm³/mol. The Morgan fingerprint density at radius 2 is 1.93 bits per heavy atom. The molecule has 2 aromatic rings. The van der Waals surface area contributed by atoms with Crippen molar-refractivity contribution in [2.45, 2.75) is 51.2 Å². The van der Waals surface area contributed by atoms with Gasteiger partial charge in [0.05, 0.1) is 13.2 Å². The number of methoxy groups -OCH3 is 1. The molecule has 2 aromatic carbocycles. The lowest BCUT2D eigenvalue weighted by Crippen LogP contribution is -2.51. The number of ether oxygens (including phenoxy) is 2. The molecular weight excluding hydrogens is 348 g/mol. The van der Waals surface area contributed by atoms with Crippen LogP contribution < -0.4 is 19.7 Å². The molecule has 0 spiro atoms. The first-order valence-corrected chi connectivity index (χ1v) is 10.6. The zero-order valence-electron chi connectivity index (χ0n) is 17.1. The molecule has 1 heterocycles. The Morgan fingerprint density at radius 1 is 1.07 bits per heavy atom. The minimum absolute atomic E-state index is 0.334. The fourth-order valence-corrected chi connectivity index (χ4v) is 4.46. The molecule has 1 saturated heterocycles. The maximum Gasteiger partial charge on any atom is 0.163 e. The molecule has 1 atom stereocenters. The van der Waals surface area contributed by atoms with Crippen LogP contribution in [0.3, 0.4) is 0 Å². The fraction of sp³-hybridized carbons (Fsp3) is 0.500. The van der Waals surface area contributed by atoms with Crippen molar-refractivity contribution in [3.8, 4) is 11.5 Å². The first-order valence-electron chi connectivity index (χ1n) is 10.6. The van der Waals surface area contributed by atoms with Crippen LogP contribution in [-0.4, -0.2) is 38.9 Å². The van der Waals surface area contributed by atoms with Gasteiger partial charge in [-0.05, 0) is 56.7 Å². The molecule has 1 aliphatic heterocycles. The number of nitrogens with zero attached hydrogens (tertiary/aromatic N) is 1. The Morgan fingerprint density at radius 3 is 2.71 bits per heavy atom. The van der Waals surface area contributed by atoms with E-state index in [9.17, 15) is 0 Å². The lowest BCUT2D eigenvalue weighted by molar-refractivity contribution is 0.201. The van der Waals surface area contributed by atoms with E-state index >= 15 is 0 Å². The van der Waals surface area contributed by atoms with Crippen LogP contribution in [0.15, 0.2) is 42.5 Å². The van der Waals surface area contributed by atoms with Crippen LogP contribution in [0, 0.1) is 6.92 Å². The van der Waals surface area contributed by atoms with Crippen LogP contribution in [0.25, 0.3) is 0 Å². The highest BCUT2D eigenvalue weighted by Crippen LogP contribution is 2.35. The number of piperazine rings is 1. The number of hydrogen-bond donors (Lipinski definition) is 1. The quantitative estimate of drug-likeness (QED) is 0.808. The number of nitrogens with one attached hydrogen (secondary N) is 1. The van der Waals surface area contributed by atoms with E-state index in [1.165, 1.54) is 29.7 Å². The van der Waals surface area contributed by atoms with Crippen LogP contribution in [0.4, 0.5) is 5.69 Å². The van der Waals surface area contributed by atoms with Gasteiger partial charge in [-0.2, -0.15) is 0 Å². The summed E-state index contributed by atoms with van der Waals surface area (Å²) in [5.74, 6) is 1.72. The van der Waals surface area contributed by atoms with E-state index in [0.717, 1.165) is 50.4 Å². The Kier molecular flexibility index (Phi) is 6.06. The Labute approximate surface area is 168 Å². The number of aryl methyl sites for hydroxylation is 1. The van der Waals surface area contributed by atoms with Gasteiger partial charge < -0.3 is 19.7 Å². The van der Waals surface area contributed by atoms with E-state index in [0.29, 0.717) is 12.1 Å². The number of benzene rings is 2. The monoisotopic (exact) mass is 380 g/mol. The van der Waals surface area contributed by atoms with Crippen molar-refractivity contribution in [3.63, 3.8) is 0 Å². The topological polar surface area (TPSA) is 33.7 Å². The third-order valence-corrected chi connectivity index (χ3v) is 5.93. The van der Waals surface area contributed by atoms with E-state index in [-0.39, 0.29) is 0 Å². The van der Waals surface area contributed by atoms with Crippen LogP contribution in [0.5, 0.6) is 11.5 Å². The molecule has 2 aliphatic rings. The lowest BCUT2D eigenvalue weighted by Gasteiger charge is -2.36. The molecule has 28 heavy (non-hydrogen) atoms. The number of rotatable bonds is 6. The molecule has 4 nitrogen and oxygen atoms in total. The van der Waals surface area contributed by atoms with Crippen LogP contribution in [0.1, 0.15) is 36.8 Å². The molecule has 2 fully saturated rings. The largest absolute Gasteiger partial charge is 0.493 e. The summed E-state index contributed by atoms with van der Waals surface area (Å²) in [6.07, 6.45) is 6.23. The van der Waals surface area contributed by atoms with Crippen LogP contribution >= 0.6 is 0 Å². The second kappa shape index (κ2) is 8.87. The van der Waals surface area contributed by atoms with Gasteiger partial charge in [-0.1, -0.05) is 29.8 Å². The Hall–Kier alpha value is -2.20. The van der Waals surface area contributed by atoms with Gasteiger partial charge in [-0.15, -0.1) is 0 Å². The van der Waals surface area contributed by atoms with Gasteiger partial charge in [0.1, 0.15) is 0 Å². The third-order valence-electron chi connectivity index (χ3n) is 5.93. The summed E-state index contributed by atoms with van der Waals surface area (Å²) >= 11 is 0. The maximum atomic E-state index is 6.30. The van der Waals surface area contributed by atoms with Gasteiger partial charge >= 0.3 is 0 Å². The molecule has 0 radical (unpaired) electrons. The van der Waals surface area contributed by atoms with Crippen molar-refractivity contribution in [1.29, 1.82) is 0 Å². The molecule has 1 unspecified atom stereocenters. The van der Waals surface area contributed by atoms with Crippen molar-refractivity contribution in [3.05, 3.63) is 53.6 Å². The van der Waals surface area contributed by atoms with Gasteiger partial charge in [0, 0.05) is 37.4 Å². The van der Waals surface area contributed by atoms with Crippen molar-refractivity contribution in [2.75, 3.05) is 31.6 Å². The van der Waals surface area contributed by atoms with E-state index in [2.05, 4.69) is 59.6 Å². The molecule has 150 valence electrons. The number of anilines is 1. The smallest absolute Gasteiger partial charge is 0.163 e. The van der Waals surface area contributed by atoms with Crippen molar-refractivity contribution < 1.29 is 9.47 Å². The van der Waals surface area contributed by atoms with Crippen molar-refractivity contribution in [1.82, 2.24) is 5.32 Å².